The molecule has 1 aromatic carbocycles. The van der Waals surface area contributed by atoms with Crippen LogP contribution in [-0.4, -0.2) is 43.9 Å². The summed E-state index contributed by atoms with van der Waals surface area (Å²) in [6, 6.07) is 8.33. The Morgan fingerprint density at radius 3 is 2.62 bits per heavy atom. The largest absolute Gasteiger partial charge is 0.497 e. The van der Waals surface area contributed by atoms with Crippen molar-refractivity contribution in [1.82, 2.24) is 4.90 Å². The van der Waals surface area contributed by atoms with Crippen LogP contribution < -0.4 is 10.5 Å². The van der Waals surface area contributed by atoms with Gasteiger partial charge >= 0.3 is 0 Å². The summed E-state index contributed by atoms with van der Waals surface area (Å²) in [5.74, 6) is 0.866. The molecule has 1 heterocycles. The molecule has 0 aliphatic carbocycles. The van der Waals surface area contributed by atoms with Gasteiger partial charge in [-0.25, -0.2) is 0 Å². The number of methoxy groups -OCH3 is 1. The number of hydrogen-bond acceptors (Lipinski definition) is 4. The van der Waals surface area contributed by atoms with Crippen molar-refractivity contribution in [3.05, 3.63) is 29.8 Å². The SMILES string of the molecule is CCN(CC1CCCO1)C(C)C(N)c1ccc(OC)cc1. The second-order valence-corrected chi connectivity index (χ2v) is 5.76. The lowest BCUT2D eigenvalue weighted by atomic mass is 9.99. The first-order valence-corrected chi connectivity index (χ1v) is 7.91. The zero-order valence-corrected chi connectivity index (χ0v) is 13.4. The molecule has 4 heteroatoms. The monoisotopic (exact) mass is 292 g/mol. The summed E-state index contributed by atoms with van der Waals surface area (Å²) >= 11 is 0. The third-order valence-corrected chi connectivity index (χ3v) is 4.46. The molecule has 1 saturated heterocycles. The molecule has 2 N–H and O–H groups in total. The van der Waals surface area contributed by atoms with E-state index in [2.05, 4.69) is 30.9 Å². The van der Waals surface area contributed by atoms with Gasteiger partial charge in [0.15, 0.2) is 0 Å². The van der Waals surface area contributed by atoms with Crippen LogP contribution in [0.2, 0.25) is 0 Å². The Morgan fingerprint density at radius 2 is 2.10 bits per heavy atom. The van der Waals surface area contributed by atoms with Gasteiger partial charge in [-0.1, -0.05) is 19.1 Å². The molecule has 1 fully saturated rings. The van der Waals surface area contributed by atoms with E-state index in [1.54, 1.807) is 7.11 Å². The molecule has 0 saturated carbocycles. The Kier molecular flexibility index (Phi) is 6.03. The molecule has 0 radical (unpaired) electrons. The van der Waals surface area contributed by atoms with Gasteiger partial charge in [-0.3, -0.25) is 4.90 Å². The predicted molar refractivity (Wildman–Crippen MR) is 85.6 cm³/mol. The first kappa shape index (κ1) is 16.3. The van der Waals surface area contributed by atoms with E-state index < -0.39 is 0 Å². The lowest BCUT2D eigenvalue weighted by Gasteiger charge is -2.34. The molecule has 0 bridgehead atoms. The summed E-state index contributed by atoms with van der Waals surface area (Å²) in [5, 5.41) is 0. The Labute approximate surface area is 128 Å². The number of hydrogen-bond donors (Lipinski definition) is 1. The Bertz CT molecular complexity index is 415. The molecule has 3 atom stereocenters. The predicted octanol–water partition coefficient (Wildman–Crippen LogP) is 2.58. The summed E-state index contributed by atoms with van der Waals surface area (Å²) in [4.78, 5) is 2.42. The highest BCUT2D eigenvalue weighted by molar-refractivity contribution is 5.29. The van der Waals surface area contributed by atoms with Crippen LogP contribution in [0.5, 0.6) is 5.75 Å². The van der Waals surface area contributed by atoms with Gasteiger partial charge in [0.2, 0.25) is 0 Å². The molecule has 3 unspecified atom stereocenters. The van der Waals surface area contributed by atoms with Gasteiger partial charge < -0.3 is 15.2 Å². The average molecular weight is 292 g/mol. The maximum absolute atomic E-state index is 6.46. The zero-order chi connectivity index (χ0) is 15.2. The van der Waals surface area contributed by atoms with Crippen LogP contribution in [0.25, 0.3) is 0 Å². The Hall–Kier alpha value is -1.10. The van der Waals surface area contributed by atoms with E-state index in [-0.39, 0.29) is 12.1 Å². The van der Waals surface area contributed by atoms with E-state index in [0.29, 0.717) is 6.10 Å². The van der Waals surface area contributed by atoms with Gasteiger partial charge in [0.1, 0.15) is 5.75 Å². The highest BCUT2D eigenvalue weighted by Crippen LogP contribution is 2.23. The average Bonchev–Trinajstić information content (AvgIpc) is 3.04. The van der Waals surface area contributed by atoms with Gasteiger partial charge in [0.05, 0.1) is 13.2 Å². The van der Waals surface area contributed by atoms with Gasteiger partial charge in [0.25, 0.3) is 0 Å². The third kappa shape index (κ3) is 4.19. The fraction of sp³-hybridized carbons (Fsp3) is 0.647. The summed E-state index contributed by atoms with van der Waals surface area (Å²) in [6.45, 7) is 7.26. The normalized spacial score (nSPS) is 21.5. The minimum absolute atomic E-state index is 0.00254. The van der Waals surface area contributed by atoms with Crippen LogP contribution in [0.1, 0.15) is 38.3 Å². The summed E-state index contributed by atoms with van der Waals surface area (Å²) in [7, 11) is 1.68. The van der Waals surface area contributed by atoms with Gasteiger partial charge in [-0.15, -0.1) is 0 Å². The molecule has 0 spiro atoms. The fourth-order valence-electron chi connectivity index (χ4n) is 2.97. The van der Waals surface area contributed by atoms with Crippen molar-refractivity contribution >= 4 is 0 Å². The molecule has 21 heavy (non-hydrogen) atoms. The molecular weight excluding hydrogens is 264 g/mol. The van der Waals surface area contributed by atoms with E-state index in [1.807, 2.05) is 12.1 Å². The summed E-state index contributed by atoms with van der Waals surface area (Å²) < 4.78 is 11.0. The van der Waals surface area contributed by atoms with Crippen molar-refractivity contribution in [2.24, 2.45) is 5.73 Å². The van der Waals surface area contributed by atoms with Gasteiger partial charge in [0, 0.05) is 25.2 Å². The van der Waals surface area contributed by atoms with Crippen molar-refractivity contribution in [3.8, 4) is 5.75 Å². The molecular formula is C17H28N2O2. The minimum atomic E-state index is -0.00254. The van der Waals surface area contributed by atoms with Crippen LogP contribution >= 0.6 is 0 Å². The minimum Gasteiger partial charge on any atom is -0.497 e. The molecule has 4 nitrogen and oxygen atoms in total. The van der Waals surface area contributed by atoms with Crippen LogP contribution in [-0.2, 0) is 4.74 Å². The van der Waals surface area contributed by atoms with Crippen LogP contribution in [0.3, 0.4) is 0 Å². The summed E-state index contributed by atoms with van der Waals surface area (Å²) in [5.41, 5.74) is 7.60. The van der Waals surface area contributed by atoms with E-state index in [0.717, 1.165) is 31.0 Å². The maximum atomic E-state index is 6.46. The first-order valence-electron chi connectivity index (χ1n) is 7.91. The first-order chi connectivity index (χ1) is 10.2. The van der Waals surface area contributed by atoms with E-state index in [1.165, 1.54) is 12.8 Å². The molecule has 2 rings (SSSR count). The van der Waals surface area contributed by atoms with Crippen LogP contribution in [0.4, 0.5) is 0 Å². The highest BCUT2D eigenvalue weighted by Gasteiger charge is 2.25. The van der Waals surface area contributed by atoms with Gasteiger partial charge in [-0.05, 0) is 44.0 Å². The third-order valence-electron chi connectivity index (χ3n) is 4.46. The molecule has 0 amide bonds. The van der Waals surface area contributed by atoms with E-state index >= 15 is 0 Å². The lowest BCUT2D eigenvalue weighted by molar-refractivity contribution is 0.0573. The molecule has 1 aliphatic heterocycles. The number of benzene rings is 1. The number of rotatable bonds is 7. The second-order valence-electron chi connectivity index (χ2n) is 5.76. The van der Waals surface area contributed by atoms with E-state index in [9.17, 15) is 0 Å². The molecule has 1 aromatic rings. The number of nitrogens with two attached hydrogens (primary N) is 1. The van der Waals surface area contributed by atoms with Crippen LogP contribution in [0.15, 0.2) is 24.3 Å². The Morgan fingerprint density at radius 1 is 1.38 bits per heavy atom. The molecule has 1 aliphatic rings. The zero-order valence-electron chi connectivity index (χ0n) is 13.4. The topological polar surface area (TPSA) is 47.7 Å². The second kappa shape index (κ2) is 7.78. The maximum Gasteiger partial charge on any atom is 0.118 e. The highest BCUT2D eigenvalue weighted by atomic mass is 16.5. The Balaban J connectivity index is 1.98. The fourth-order valence-corrected chi connectivity index (χ4v) is 2.97. The quantitative estimate of drug-likeness (QED) is 0.839. The molecule has 0 aromatic heterocycles. The van der Waals surface area contributed by atoms with Crippen molar-refractivity contribution in [3.63, 3.8) is 0 Å². The molecule has 118 valence electrons. The number of nitrogens with zero attached hydrogens (tertiary/aromatic N) is 1. The summed E-state index contributed by atoms with van der Waals surface area (Å²) in [6.07, 6.45) is 2.72. The van der Waals surface area contributed by atoms with Gasteiger partial charge in [-0.2, -0.15) is 0 Å². The lowest BCUT2D eigenvalue weighted by Crippen LogP contribution is -2.44. The van der Waals surface area contributed by atoms with Crippen molar-refractivity contribution in [2.75, 3.05) is 26.8 Å². The van der Waals surface area contributed by atoms with E-state index in [4.69, 9.17) is 15.2 Å². The number of ether oxygens (including phenoxy) is 2. The van der Waals surface area contributed by atoms with Crippen molar-refractivity contribution in [1.29, 1.82) is 0 Å². The van der Waals surface area contributed by atoms with Crippen molar-refractivity contribution < 1.29 is 9.47 Å². The van der Waals surface area contributed by atoms with Crippen molar-refractivity contribution in [2.45, 2.75) is 44.9 Å². The van der Waals surface area contributed by atoms with Crippen LogP contribution in [0, 0.1) is 0 Å². The standard InChI is InChI=1S/C17H28N2O2/c1-4-19(12-16-6-5-11-21-16)13(2)17(18)14-7-9-15(20-3)10-8-14/h7-10,13,16-17H,4-6,11-12,18H2,1-3H3. The number of likely N-dealkylation sites (N-methyl/N-ethyl adjacent to an activating group) is 1. The smallest absolute Gasteiger partial charge is 0.118 e.